The predicted molar refractivity (Wildman–Crippen MR) is 70.7 cm³/mol. The van der Waals surface area contributed by atoms with E-state index in [0.29, 0.717) is 0 Å². The van der Waals surface area contributed by atoms with Crippen molar-refractivity contribution >= 4 is 11.0 Å². The minimum atomic E-state index is 0.212. The monoisotopic (exact) mass is 227 g/mol. The van der Waals surface area contributed by atoms with Gasteiger partial charge in [0.1, 0.15) is 11.3 Å². The van der Waals surface area contributed by atoms with Crippen LogP contribution in [0.25, 0.3) is 11.0 Å². The Balaban J connectivity index is 2.25. The van der Waals surface area contributed by atoms with Gasteiger partial charge in [0, 0.05) is 11.8 Å². The highest BCUT2D eigenvalue weighted by Crippen LogP contribution is 2.26. The maximum atomic E-state index is 5.85. The largest absolute Gasteiger partial charge is 0.459 e. The summed E-state index contributed by atoms with van der Waals surface area (Å²) in [6.45, 7) is 3.00. The molecule has 2 nitrogen and oxygen atoms in total. The second-order valence-electron chi connectivity index (χ2n) is 4.04. The van der Waals surface area contributed by atoms with Gasteiger partial charge in [0.05, 0.1) is 6.04 Å². The third-order valence-corrected chi connectivity index (χ3v) is 2.82. The molecule has 1 aromatic carbocycles. The Labute approximate surface area is 102 Å². The summed E-state index contributed by atoms with van der Waals surface area (Å²) in [7, 11) is 0. The summed E-state index contributed by atoms with van der Waals surface area (Å²) in [5.41, 5.74) is 0.936. The molecule has 0 fully saturated rings. The van der Waals surface area contributed by atoms with Gasteiger partial charge in [-0.2, -0.15) is 0 Å². The van der Waals surface area contributed by atoms with E-state index in [2.05, 4.69) is 30.3 Å². The topological polar surface area (TPSA) is 25.2 Å². The van der Waals surface area contributed by atoms with Gasteiger partial charge in [-0.15, -0.1) is 12.3 Å². The average Bonchev–Trinajstić information content (AvgIpc) is 2.78. The van der Waals surface area contributed by atoms with E-state index in [1.165, 1.54) is 0 Å². The molecule has 0 aliphatic heterocycles. The first-order valence-corrected chi connectivity index (χ1v) is 6.00. The molecule has 88 valence electrons. The molecule has 0 saturated heterocycles. The summed E-state index contributed by atoms with van der Waals surface area (Å²) >= 11 is 0. The van der Waals surface area contributed by atoms with Crippen LogP contribution >= 0.6 is 0 Å². The first-order valence-electron chi connectivity index (χ1n) is 6.00. The van der Waals surface area contributed by atoms with Crippen molar-refractivity contribution in [2.75, 3.05) is 6.54 Å². The standard InChI is InChI=1S/C15H17NO/c1-3-5-9-13(16-4-2)15-11-12-8-6-7-10-14(12)17-15/h1,6-8,10-11,13,16H,4-5,9H2,2H3. The zero-order valence-corrected chi connectivity index (χ0v) is 10.1. The van der Waals surface area contributed by atoms with Gasteiger partial charge in [0.15, 0.2) is 0 Å². The zero-order valence-electron chi connectivity index (χ0n) is 10.1. The summed E-state index contributed by atoms with van der Waals surface area (Å²) in [5, 5.41) is 4.55. The molecule has 1 aromatic heterocycles. The van der Waals surface area contributed by atoms with Gasteiger partial charge in [0.2, 0.25) is 0 Å². The highest BCUT2D eigenvalue weighted by molar-refractivity contribution is 5.77. The fourth-order valence-corrected chi connectivity index (χ4v) is 1.99. The quantitative estimate of drug-likeness (QED) is 0.791. The molecule has 0 amide bonds. The zero-order chi connectivity index (χ0) is 12.1. The number of furan rings is 1. The third kappa shape index (κ3) is 2.69. The lowest BCUT2D eigenvalue weighted by molar-refractivity contribution is 0.421. The Morgan fingerprint density at radius 2 is 2.24 bits per heavy atom. The molecular weight excluding hydrogens is 210 g/mol. The molecule has 0 aliphatic carbocycles. The number of hydrogen-bond donors (Lipinski definition) is 1. The van der Waals surface area contributed by atoms with E-state index in [1.54, 1.807) is 0 Å². The van der Waals surface area contributed by atoms with Crippen molar-refractivity contribution in [3.8, 4) is 12.3 Å². The number of rotatable bonds is 5. The van der Waals surface area contributed by atoms with Crippen molar-refractivity contribution in [1.29, 1.82) is 0 Å². The lowest BCUT2D eigenvalue weighted by atomic mass is 10.1. The molecule has 2 heteroatoms. The van der Waals surface area contributed by atoms with Gasteiger partial charge in [-0.3, -0.25) is 0 Å². The van der Waals surface area contributed by atoms with E-state index in [9.17, 15) is 0 Å². The van der Waals surface area contributed by atoms with Crippen LogP contribution in [0.15, 0.2) is 34.7 Å². The Morgan fingerprint density at radius 1 is 1.41 bits per heavy atom. The number of benzene rings is 1. The Morgan fingerprint density at radius 3 is 2.94 bits per heavy atom. The molecule has 1 unspecified atom stereocenters. The van der Waals surface area contributed by atoms with Crippen molar-refractivity contribution in [2.24, 2.45) is 0 Å². The van der Waals surface area contributed by atoms with E-state index in [-0.39, 0.29) is 6.04 Å². The summed E-state index contributed by atoms with van der Waals surface area (Å²) in [5.74, 6) is 3.65. The Hall–Kier alpha value is -1.72. The minimum absolute atomic E-state index is 0.212. The van der Waals surface area contributed by atoms with Gasteiger partial charge in [-0.05, 0) is 25.1 Å². The Kier molecular flexibility index (Phi) is 3.85. The van der Waals surface area contributed by atoms with Crippen LogP contribution in [0.3, 0.4) is 0 Å². The van der Waals surface area contributed by atoms with Crippen LogP contribution in [0.1, 0.15) is 31.6 Å². The van der Waals surface area contributed by atoms with Crippen LogP contribution in [0.4, 0.5) is 0 Å². The van der Waals surface area contributed by atoms with Crippen LogP contribution in [0, 0.1) is 12.3 Å². The highest BCUT2D eigenvalue weighted by atomic mass is 16.3. The first-order chi connectivity index (χ1) is 8.35. The maximum Gasteiger partial charge on any atom is 0.134 e. The molecule has 0 bridgehead atoms. The van der Waals surface area contributed by atoms with E-state index in [1.807, 2.05) is 18.2 Å². The van der Waals surface area contributed by atoms with Gasteiger partial charge in [-0.25, -0.2) is 0 Å². The predicted octanol–water partition coefficient (Wildman–Crippen LogP) is 3.50. The minimum Gasteiger partial charge on any atom is -0.459 e. The van der Waals surface area contributed by atoms with Crippen LogP contribution in [0.2, 0.25) is 0 Å². The van der Waals surface area contributed by atoms with Crippen LogP contribution in [0.5, 0.6) is 0 Å². The van der Waals surface area contributed by atoms with Crippen LogP contribution < -0.4 is 5.32 Å². The van der Waals surface area contributed by atoms with Gasteiger partial charge in [0.25, 0.3) is 0 Å². The lowest BCUT2D eigenvalue weighted by Gasteiger charge is -2.13. The first kappa shape index (κ1) is 11.8. The summed E-state index contributed by atoms with van der Waals surface area (Å²) in [4.78, 5) is 0. The lowest BCUT2D eigenvalue weighted by Crippen LogP contribution is -2.20. The van der Waals surface area contributed by atoms with Crippen LogP contribution in [-0.2, 0) is 0 Å². The molecule has 1 atom stereocenters. The fraction of sp³-hybridized carbons (Fsp3) is 0.333. The third-order valence-electron chi connectivity index (χ3n) is 2.82. The summed E-state index contributed by atoms with van der Waals surface area (Å²) < 4.78 is 5.85. The molecule has 1 heterocycles. The molecule has 0 radical (unpaired) electrons. The molecular formula is C15H17NO. The van der Waals surface area contributed by atoms with Crippen molar-refractivity contribution in [3.05, 3.63) is 36.1 Å². The molecule has 0 spiro atoms. The number of para-hydroxylation sites is 1. The number of terminal acetylenes is 1. The van der Waals surface area contributed by atoms with Crippen molar-refractivity contribution in [3.63, 3.8) is 0 Å². The molecule has 1 N–H and O–H groups in total. The second-order valence-corrected chi connectivity index (χ2v) is 4.04. The summed E-state index contributed by atoms with van der Waals surface area (Å²) in [6, 6.07) is 10.4. The number of nitrogens with one attached hydrogen (secondary N) is 1. The van der Waals surface area contributed by atoms with Crippen molar-refractivity contribution in [2.45, 2.75) is 25.8 Å². The smallest absolute Gasteiger partial charge is 0.134 e. The molecule has 2 aromatic rings. The van der Waals surface area contributed by atoms with Crippen molar-refractivity contribution in [1.82, 2.24) is 5.32 Å². The van der Waals surface area contributed by atoms with E-state index in [4.69, 9.17) is 10.8 Å². The molecule has 17 heavy (non-hydrogen) atoms. The normalized spacial score (nSPS) is 12.5. The molecule has 0 saturated carbocycles. The maximum absolute atomic E-state index is 5.85. The summed E-state index contributed by atoms with van der Waals surface area (Å²) in [6.07, 6.45) is 6.98. The van der Waals surface area contributed by atoms with Crippen LogP contribution in [-0.4, -0.2) is 6.54 Å². The average molecular weight is 227 g/mol. The molecule has 0 aliphatic rings. The van der Waals surface area contributed by atoms with Gasteiger partial charge < -0.3 is 9.73 Å². The second kappa shape index (κ2) is 5.56. The SMILES string of the molecule is C#CCCC(NCC)c1cc2ccccc2o1. The number of hydrogen-bond acceptors (Lipinski definition) is 2. The van der Waals surface area contributed by atoms with E-state index < -0.39 is 0 Å². The number of fused-ring (bicyclic) bond motifs is 1. The van der Waals surface area contributed by atoms with Gasteiger partial charge in [-0.1, -0.05) is 25.1 Å². The van der Waals surface area contributed by atoms with Gasteiger partial charge >= 0.3 is 0 Å². The molecule has 2 rings (SSSR count). The Bertz CT molecular complexity index is 488. The highest BCUT2D eigenvalue weighted by Gasteiger charge is 2.14. The van der Waals surface area contributed by atoms with E-state index >= 15 is 0 Å². The van der Waals surface area contributed by atoms with E-state index in [0.717, 1.165) is 36.1 Å². The van der Waals surface area contributed by atoms with Crippen molar-refractivity contribution < 1.29 is 4.42 Å². The fourth-order valence-electron chi connectivity index (χ4n) is 1.99.